The number of nitro groups is 1. The zero-order chi connectivity index (χ0) is 18.0. The van der Waals surface area contributed by atoms with Crippen molar-refractivity contribution in [1.29, 1.82) is 0 Å². The Morgan fingerprint density at radius 3 is 2.60 bits per heavy atom. The highest BCUT2D eigenvalue weighted by Crippen LogP contribution is 2.35. The van der Waals surface area contributed by atoms with Crippen molar-refractivity contribution in [3.63, 3.8) is 0 Å². The van der Waals surface area contributed by atoms with E-state index in [4.69, 9.17) is 4.74 Å². The molecule has 3 rings (SSSR count). The number of methoxy groups -OCH3 is 1. The predicted octanol–water partition coefficient (Wildman–Crippen LogP) is 3.59. The highest BCUT2D eigenvalue weighted by Gasteiger charge is 2.22. The Morgan fingerprint density at radius 1 is 1.24 bits per heavy atom. The smallest absolute Gasteiger partial charge is 0.340 e. The molecule has 0 saturated carbocycles. The lowest BCUT2D eigenvalue weighted by atomic mass is 10.1. The first-order chi connectivity index (χ1) is 12.0. The summed E-state index contributed by atoms with van der Waals surface area (Å²) in [6.07, 6.45) is 2.67. The number of hydrogen-bond acceptors (Lipinski definition) is 5. The molecule has 0 saturated heterocycles. The average molecular weight is 345 g/mol. The fraction of sp³-hybridized carbons (Fsp3) is 0.278. The van der Waals surface area contributed by atoms with Gasteiger partial charge >= 0.3 is 11.7 Å². The molecule has 130 valence electrons. The Balaban J connectivity index is 1.81. The molecule has 0 aliphatic heterocycles. The molecule has 0 heterocycles. The van der Waals surface area contributed by atoms with Gasteiger partial charge in [0, 0.05) is 6.07 Å². The van der Waals surface area contributed by atoms with Gasteiger partial charge in [-0.1, -0.05) is 6.07 Å². The van der Waals surface area contributed by atoms with Crippen molar-refractivity contribution in [1.82, 2.24) is 0 Å². The van der Waals surface area contributed by atoms with Crippen molar-refractivity contribution in [3.05, 3.63) is 68.5 Å². The molecule has 25 heavy (non-hydrogen) atoms. The van der Waals surface area contributed by atoms with E-state index in [2.05, 4.69) is 4.74 Å². The summed E-state index contributed by atoms with van der Waals surface area (Å²) in [6.45, 7) is -0.0437. The van der Waals surface area contributed by atoms with Gasteiger partial charge in [-0.05, 0) is 54.2 Å². The predicted molar refractivity (Wildman–Crippen MR) is 87.2 cm³/mol. The van der Waals surface area contributed by atoms with Crippen molar-refractivity contribution in [3.8, 4) is 5.75 Å². The van der Waals surface area contributed by atoms with Gasteiger partial charge in [0.1, 0.15) is 12.4 Å². The number of halogens is 1. The number of ether oxygens (including phenoxy) is 2. The van der Waals surface area contributed by atoms with Crippen LogP contribution in [-0.4, -0.2) is 18.0 Å². The lowest BCUT2D eigenvalue weighted by Crippen LogP contribution is -2.06. The fourth-order valence-corrected chi connectivity index (χ4v) is 2.93. The molecule has 1 aliphatic rings. The van der Waals surface area contributed by atoms with Gasteiger partial charge in [0.25, 0.3) is 0 Å². The maximum Gasteiger partial charge on any atom is 0.340 e. The first kappa shape index (κ1) is 16.9. The van der Waals surface area contributed by atoms with Crippen LogP contribution in [0.15, 0.2) is 30.3 Å². The van der Waals surface area contributed by atoms with Gasteiger partial charge < -0.3 is 9.47 Å². The normalized spacial score (nSPS) is 12.6. The zero-order valence-corrected chi connectivity index (χ0v) is 13.6. The van der Waals surface area contributed by atoms with Gasteiger partial charge in [-0.15, -0.1) is 0 Å². The van der Waals surface area contributed by atoms with Gasteiger partial charge in [0.05, 0.1) is 17.6 Å². The molecular weight excluding hydrogens is 329 g/mol. The lowest BCUT2D eigenvalue weighted by molar-refractivity contribution is -0.386. The van der Waals surface area contributed by atoms with E-state index in [1.807, 2.05) is 0 Å². The summed E-state index contributed by atoms with van der Waals surface area (Å²) in [4.78, 5) is 22.2. The quantitative estimate of drug-likeness (QED) is 0.470. The number of carbonyl (C=O) groups excluding carboxylic acids is 1. The minimum absolute atomic E-state index is 0.0437. The number of benzene rings is 2. The summed E-state index contributed by atoms with van der Waals surface area (Å²) in [5, 5.41) is 11.3. The second kappa shape index (κ2) is 6.88. The van der Waals surface area contributed by atoms with Crippen molar-refractivity contribution < 1.29 is 23.6 Å². The number of aryl methyl sites for hydroxylation is 2. The van der Waals surface area contributed by atoms with Crippen LogP contribution >= 0.6 is 0 Å². The second-order valence-corrected chi connectivity index (χ2v) is 5.79. The third kappa shape index (κ3) is 3.45. The summed E-state index contributed by atoms with van der Waals surface area (Å²) in [7, 11) is 1.17. The molecular formula is C18H16FNO5. The van der Waals surface area contributed by atoms with Crippen LogP contribution in [0.3, 0.4) is 0 Å². The van der Waals surface area contributed by atoms with Crippen molar-refractivity contribution >= 4 is 11.7 Å². The molecule has 7 heteroatoms. The van der Waals surface area contributed by atoms with Crippen LogP contribution in [0, 0.1) is 15.9 Å². The van der Waals surface area contributed by atoms with Crippen LogP contribution in [0.4, 0.5) is 10.1 Å². The standard InChI is InChI=1S/C18H16FNO5/c1-24-18(21)14-6-5-11(7-15(14)19)10-25-17-9-13-4-2-3-12(13)8-16(17)20(22)23/h5-9H,2-4,10H2,1H3. The number of fused-ring (bicyclic) bond motifs is 1. The van der Waals surface area contributed by atoms with Crippen LogP contribution in [-0.2, 0) is 24.2 Å². The van der Waals surface area contributed by atoms with Crippen LogP contribution in [0.25, 0.3) is 0 Å². The average Bonchev–Trinajstić information content (AvgIpc) is 3.05. The Kier molecular flexibility index (Phi) is 4.65. The molecule has 0 fully saturated rings. The molecule has 0 amide bonds. The number of nitrogens with zero attached hydrogens (tertiary/aromatic N) is 1. The topological polar surface area (TPSA) is 78.7 Å². The van der Waals surface area contributed by atoms with E-state index in [1.165, 1.54) is 19.2 Å². The lowest BCUT2D eigenvalue weighted by Gasteiger charge is -2.10. The zero-order valence-electron chi connectivity index (χ0n) is 13.6. The molecule has 2 aromatic rings. The summed E-state index contributed by atoms with van der Waals surface area (Å²) in [5.74, 6) is -1.32. The first-order valence-corrected chi connectivity index (χ1v) is 7.79. The van der Waals surface area contributed by atoms with E-state index in [1.54, 1.807) is 12.1 Å². The fourth-order valence-electron chi connectivity index (χ4n) is 2.93. The van der Waals surface area contributed by atoms with Gasteiger partial charge in [-0.3, -0.25) is 10.1 Å². The van der Waals surface area contributed by atoms with Crippen LogP contribution in [0.2, 0.25) is 0 Å². The number of nitro benzene ring substituents is 1. The van der Waals surface area contributed by atoms with Crippen molar-refractivity contribution in [2.45, 2.75) is 25.9 Å². The van der Waals surface area contributed by atoms with Gasteiger partial charge in [-0.2, -0.15) is 0 Å². The highest BCUT2D eigenvalue weighted by atomic mass is 19.1. The van der Waals surface area contributed by atoms with Gasteiger partial charge in [0.15, 0.2) is 5.75 Å². The van der Waals surface area contributed by atoms with Gasteiger partial charge in [0.2, 0.25) is 0 Å². The summed E-state index contributed by atoms with van der Waals surface area (Å²) in [6, 6.07) is 7.23. The van der Waals surface area contributed by atoms with Gasteiger partial charge in [-0.25, -0.2) is 9.18 Å². The van der Waals surface area contributed by atoms with E-state index in [0.29, 0.717) is 5.56 Å². The Hall–Kier alpha value is -2.96. The molecule has 0 radical (unpaired) electrons. The second-order valence-electron chi connectivity index (χ2n) is 5.79. The maximum atomic E-state index is 13.9. The third-order valence-corrected chi connectivity index (χ3v) is 4.20. The Labute approximate surface area is 143 Å². The largest absolute Gasteiger partial charge is 0.482 e. The Bertz CT molecular complexity index is 850. The van der Waals surface area contributed by atoms with Crippen molar-refractivity contribution in [2.75, 3.05) is 7.11 Å². The van der Waals surface area contributed by atoms with Crippen molar-refractivity contribution in [2.24, 2.45) is 0 Å². The molecule has 0 bridgehead atoms. The van der Waals surface area contributed by atoms with E-state index < -0.39 is 16.7 Å². The molecule has 0 aromatic heterocycles. The molecule has 0 unspecified atom stereocenters. The van der Waals surface area contributed by atoms with Crippen LogP contribution in [0.5, 0.6) is 5.75 Å². The monoisotopic (exact) mass is 345 g/mol. The van der Waals surface area contributed by atoms with Crippen LogP contribution in [0.1, 0.15) is 33.5 Å². The van der Waals surface area contributed by atoms with E-state index in [9.17, 15) is 19.3 Å². The van der Waals surface area contributed by atoms with E-state index >= 15 is 0 Å². The summed E-state index contributed by atoms with van der Waals surface area (Å²) < 4.78 is 24.0. The van der Waals surface area contributed by atoms with Crippen LogP contribution < -0.4 is 4.74 Å². The third-order valence-electron chi connectivity index (χ3n) is 4.20. The SMILES string of the molecule is COC(=O)c1ccc(COc2cc3c(cc2[N+](=O)[O-])CCC3)cc1F. The number of carbonyl (C=O) groups is 1. The number of esters is 1. The molecule has 0 N–H and O–H groups in total. The minimum atomic E-state index is -0.765. The summed E-state index contributed by atoms with van der Waals surface area (Å²) in [5.41, 5.74) is 2.22. The molecule has 1 aliphatic carbocycles. The molecule has 0 spiro atoms. The number of rotatable bonds is 5. The summed E-state index contributed by atoms with van der Waals surface area (Å²) >= 11 is 0. The minimum Gasteiger partial charge on any atom is -0.482 e. The number of hydrogen-bond donors (Lipinski definition) is 0. The highest BCUT2D eigenvalue weighted by molar-refractivity contribution is 5.89. The maximum absolute atomic E-state index is 13.9. The molecule has 0 atom stereocenters. The Morgan fingerprint density at radius 2 is 1.96 bits per heavy atom. The van der Waals surface area contributed by atoms with E-state index in [-0.39, 0.29) is 23.6 Å². The molecule has 2 aromatic carbocycles. The first-order valence-electron chi connectivity index (χ1n) is 7.79. The molecule has 6 nitrogen and oxygen atoms in total. The van der Waals surface area contributed by atoms with E-state index in [0.717, 1.165) is 36.5 Å².